The number of nitrogens with zero attached hydrogens (tertiary/aromatic N) is 5. The van der Waals surface area contributed by atoms with E-state index in [0.717, 1.165) is 5.52 Å². The lowest BCUT2D eigenvalue weighted by atomic mass is 10.2. The predicted octanol–water partition coefficient (Wildman–Crippen LogP) is 4.39. The molecule has 3 N–H and O–H groups in total. The summed E-state index contributed by atoms with van der Waals surface area (Å²) in [7, 11) is 0. The summed E-state index contributed by atoms with van der Waals surface area (Å²) >= 11 is 12.2. The van der Waals surface area contributed by atoms with Gasteiger partial charge in [0.2, 0.25) is 0 Å². The molecule has 0 atom stereocenters. The van der Waals surface area contributed by atoms with E-state index >= 15 is 0 Å². The number of rotatable bonds is 6. The van der Waals surface area contributed by atoms with E-state index in [1.54, 1.807) is 34.9 Å². The van der Waals surface area contributed by atoms with Crippen molar-refractivity contribution in [1.29, 1.82) is 0 Å². The molecule has 0 fully saturated rings. The molecule has 5 aromatic rings. The smallest absolute Gasteiger partial charge is 0.260 e. The van der Waals surface area contributed by atoms with Gasteiger partial charge in [0, 0.05) is 10.6 Å². The van der Waals surface area contributed by atoms with Gasteiger partial charge in [0.25, 0.3) is 5.91 Å². The SMILES string of the molecule is Nc1nonc1-c1nc2ccccc2n1CC(=O)NN=Cc1ccc(-c2ccc(Cl)cc2Cl)o1. The Morgan fingerprint density at radius 2 is 2.00 bits per heavy atom. The van der Waals surface area contributed by atoms with Gasteiger partial charge in [0.1, 0.15) is 18.1 Å². The molecule has 0 aliphatic heterocycles. The van der Waals surface area contributed by atoms with Crippen LogP contribution >= 0.6 is 23.2 Å². The topological polar surface area (TPSA) is 137 Å². The van der Waals surface area contributed by atoms with Crippen molar-refractivity contribution in [3.8, 4) is 22.8 Å². The zero-order valence-corrected chi connectivity index (χ0v) is 18.8. The average Bonchev–Trinajstić information content (AvgIpc) is 3.53. The number of carbonyl (C=O) groups excluding carboxylic acids is 1. The second kappa shape index (κ2) is 9.00. The first kappa shape index (κ1) is 21.7. The van der Waals surface area contributed by atoms with Crippen molar-refractivity contribution in [3.05, 3.63) is 70.4 Å². The molecule has 0 saturated heterocycles. The van der Waals surface area contributed by atoms with E-state index in [1.807, 2.05) is 24.3 Å². The number of hydrazone groups is 1. The number of imidazole rings is 1. The van der Waals surface area contributed by atoms with Crippen LogP contribution in [0.15, 0.2) is 68.7 Å². The van der Waals surface area contributed by atoms with Crippen molar-refractivity contribution < 1.29 is 13.8 Å². The van der Waals surface area contributed by atoms with E-state index in [2.05, 4.69) is 30.5 Å². The monoisotopic (exact) mass is 495 g/mol. The third-order valence-corrected chi connectivity index (χ3v) is 5.43. The minimum atomic E-state index is -0.400. The molecular weight excluding hydrogens is 481 g/mol. The maximum atomic E-state index is 12.6. The molecule has 0 saturated carbocycles. The molecule has 10 nitrogen and oxygen atoms in total. The standard InChI is InChI=1S/C22H15Cl2N7O3/c23-12-5-7-14(15(24)9-12)18-8-6-13(33-18)10-26-28-19(32)11-31-17-4-2-1-3-16(17)27-22(31)20-21(25)30-34-29-20/h1-10H,11H2,(H2,25,30)(H,28,32). The summed E-state index contributed by atoms with van der Waals surface area (Å²) in [6.07, 6.45) is 1.39. The normalized spacial score (nSPS) is 11.5. The number of halogens is 2. The number of furan rings is 1. The molecule has 3 aromatic heterocycles. The van der Waals surface area contributed by atoms with Gasteiger partial charge in [0.05, 0.1) is 22.3 Å². The third kappa shape index (κ3) is 4.24. The third-order valence-electron chi connectivity index (χ3n) is 4.89. The number of anilines is 1. The highest BCUT2D eigenvalue weighted by Crippen LogP contribution is 2.31. The van der Waals surface area contributed by atoms with Crippen molar-refractivity contribution in [2.75, 3.05) is 5.73 Å². The summed E-state index contributed by atoms with van der Waals surface area (Å²) in [5.41, 5.74) is 10.6. The number of hydrogen-bond donors (Lipinski definition) is 2. The number of aromatic nitrogens is 4. The Kier molecular flexibility index (Phi) is 5.74. The molecule has 2 aromatic carbocycles. The fraction of sp³-hybridized carbons (Fsp3) is 0.0455. The fourth-order valence-corrected chi connectivity index (χ4v) is 3.87. The molecule has 0 unspecified atom stereocenters. The van der Waals surface area contributed by atoms with E-state index < -0.39 is 5.91 Å². The molecule has 1 amide bonds. The Morgan fingerprint density at radius 1 is 1.15 bits per heavy atom. The maximum absolute atomic E-state index is 12.6. The second-order valence-corrected chi connectivity index (χ2v) is 7.97. The largest absolute Gasteiger partial charge is 0.455 e. The zero-order valence-electron chi connectivity index (χ0n) is 17.3. The summed E-state index contributed by atoms with van der Waals surface area (Å²) in [4.78, 5) is 17.1. The van der Waals surface area contributed by atoms with Gasteiger partial charge in [-0.15, -0.1) is 0 Å². The Morgan fingerprint density at radius 3 is 2.79 bits per heavy atom. The first-order valence-electron chi connectivity index (χ1n) is 9.90. The van der Waals surface area contributed by atoms with Gasteiger partial charge < -0.3 is 14.7 Å². The number of nitrogens with one attached hydrogen (secondary N) is 1. The molecule has 0 aliphatic carbocycles. The lowest BCUT2D eigenvalue weighted by Crippen LogP contribution is -2.23. The molecule has 0 spiro atoms. The van der Waals surface area contributed by atoms with Crippen LogP contribution < -0.4 is 11.2 Å². The van der Waals surface area contributed by atoms with Crippen LogP contribution in [-0.4, -0.2) is 32.0 Å². The Bertz CT molecular complexity index is 1540. The van der Waals surface area contributed by atoms with E-state index in [4.69, 9.17) is 33.4 Å². The van der Waals surface area contributed by atoms with Crippen LogP contribution in [0.4, 0.5) is 5.82 Å². The number of nitrogen functional groups attached to an aromatic ring is 1. The van der Waals surface area contributed by atoms with Crippen molar-refractivity contribution >= 4 is 52.2 Å². The number of hydrogen-bond acceptors (Lipinski definition) is 8. The number of amides is 1. The second-order valence-electron chi connectivity index (χ2n) is 7.13. The summed E-state index contributed by atoms with van der Waals surface area (Å²) in [5, 5.41) is 12.4. The molecular formula is C22H15Cl2N7O3. The lowest BCUT2D eigenvalue weighted by Gasteiger charge is -2.06. The lowest BCUT2D eigenvalue weighted by molar-refractivity contribution is -0.121. The number of nitrogens with two attached hydrogens (primary N) is 1. The van der Waals surface area contributed by atoms with Crippen LogP contribution in [0.2, 0.25) is 10.0 Å². The molecule has 0 aliphatic rings. The quantitative estimate of drug-likeness (QED) is 0.263. The van der Waals surface area contributed by atoms with Gasteiger partial charge >= 0.3 is 0 Å². The minimum absolute atomic E-state index is 0.0735. The Labute approximate surface area is 201 Å². The fourth-order valence-electron chi connectivity index (χ4n) is 3.37. The number of benzene rings is 2. The highest BCUT2D eigenvalue weighted by Gasteiger charge is 2.20. The van der Waals surface area contributed by atoms with Crippen LogP contribution in [0.5, 0.6) is 0 Å². The van der Waals surface area contributed by atoms with E-state index in [9.17, 15) is 4.79 Å². The highest BCUT2D eigenvalue weighted by atomic mass is 35.5. The van der Waals surface area contributed by atoms with Crippen LogP contribution in [0.1, 0.15) is 5.76 Å². The molecule has 170 valence electrons. The number of para-hydroxylation sites is 2. The molecule has 5 rings (SSSR count). The van der Waals surface area contributed by atoms with Crippen LogP contribution in [0.3, 0.4) is 0 Å². The predicted molar refractivity (Wildman–Crippen MR) is 127 cm³/mol. The van der Waals surface area contributed by atoms with Gasteiger partial charge in [-0.25, -0.2) is 15.0 Å². The van der Waals surface area contributed by atoms with E-state index in [1.165, 1.54) is 6.21 Å². The molecule has 0 bridgehead atoms. The summed E-state index contributed by atoms with van der Waals surface area (Å²) in [6, 6.07) is 15.9. The van der Waals surface area contributed by atoms with Crippen LogP contribution in [0.25, 0.3) is 33.9 Å². The maximum Gasteiger partial charge on any atom is 0.260 e. The van der Waals surface area contributed by atoms with Gasteiger partial charge in [0.15, 0.2) is 17.3 Å². The summed E-state index contributed by atoms with van der Waals surface area (Å²) in [6.45, 7) is -0.0940. The van der Waals surface area contributed by atoms with Gasteiger partial charge in [-0.05, 0) is 52.8 Å². The first-order chi connectivity index (χ1) is 16.5. The molecule has 3 heterocycles. The molecule has 12 heteroatoms. The van der Waals surface area contributed by atoms with E-state index in [-0.39, 0.29) is 18.1 Å². The zero-order chi connectivity index (χ0) is 23.7. The number of fused-ring (bicyclic) bond motifs is 1. The minimum Gasteiger partial charge on any atom is -0.455 e. The van der Waals surface area contributed by atoms with Crippen molar-refractivity contribution in [2.45, 2.75) is 6.54 Å². The molecule has 0 radical (unpaired) electrons. The van der Waals surface area contributed by atoms with Gasteiger partial charge in [-0.1, -0.05) is 35.3 Å². The first-order valence-corrected chi connectivity index (χ1v) is 10.7. The van der Waals surface area contributed by atoms with Crippen molar-refractivity contribution in [2.24, 2.45) is 5.10 Å². The average molecular weight is 496 g/mol. The van der Waals surface area contributed by atoms with Gasteiger partial charge in [-0.2, -0.15) is 5.10 Å². The Balaban J connectivity index is 1.32. The summed E-state index contributed by atoms with van der Waals surface area (Å²) < 4.78 is 12.1. The Hall–Kier alpha value is -4.15. The van der Waals surface area contributed by atoms with Gasteiger partial charge in [-0.3, -0.25) is 4.79 Å². The van der Waals surface area contributed by atoms with Crippen molar-refractivity contribution in [1.82, 2.24) is 25.3 Å². The highest BCUT2D eigenvalue weighted by molar-refractivity contribution is 6.36. The van der Waals surface area contributed by atoms with E-state index in [0.29, 0.717) is 38.5 Å². The molecule has 34 heavy (non-hydrogen) atoms. The summed E-state index contributed by atoms with van der Waals surface area (Å²) in [5.74, 6) is 1.00. The van der Waals surface area contributed by atoms with Crippen LogP contribution in [-0.2, 0) is 11.3 Å². The number of carbonyl (C=O) groups is 1. The van der Waals surface area contributed by atoms with Crippen LogP contribution in [0, 0.1) is 0 Å². The van der Waals surface area contributed by atoms with Crippen molar-refractivity contribution in [3.63, 3.8) is 0 Å².